The minimum absolute atomic E-state index is 0.109. The van der Waals surface area contributed by atoms with Crippen LogP contribution in [-0.4, -0.2) is 41.4 Å². The molecule has 0 bridgehead atoms. The molecule has 0 aliphatic carbocycles. The summed E-state index contributed by atoms with van der Waals surface area (Å²) in [4.78, 5) is 15.0. The fraction of sp³-hybridized carbons (Fsp3) is 0.351. The standard InChI is InChI=1S/C37H43N5O2/c1-26-9-6-15-36-34(26)22-31-16-17-33-32(13-8-14-35(33)42(31)27(2)10-4-3-5-20-44-36)30-23-40-41(25-30)24-28-11-7-12-29(21-28)37(43)39-19-18-38/h6-9,11-15,21,23,25,31H,2-5,10,16-20,22,24,38H2,1H3,(H,39,43). The summed E-state index contributed by atoms with van der Waals surface area (Å²) in [6.07, 6.45) is 11.3. The summed E-state index contributed by atoms with van der Waals surface area (Å²) in [7, 11) is 0. The van der Waals surface area contributed by atoms with E-state index in [1.807, 2.05) is 35.1 Å². The summed E-state index contributed by atoms with van der Waals surface area (Å²) < 4.78 is 8.25. The molecule has 228 valence electrons. The smallest absolute Gasteiger partial charge is 0.251 e. The number of nitrogens with two attached hydrogens (primary N) is 1. The maximum Gasteiger partial charge on any atom is 0.251 e. The maximum absolute atomic E-state index is 12.4. The first-order chi connectivity index (χ1) is 21.5. The molecule has 1 unspecified atom stereocenters. The van der Waals surface area contributed by atoms with E-state index in [4.69, 9.17) is 15.6 Å². The van der Waals surface area contributed by atoms with Gasteiger partial charge in [-0.15, -0.1) is 0 Å². The number of carbonyl (C=O) groups excluding carboxylic acids is 1. The highest BCUT2D eigenvalue weighted by molar-refractivity contribution is 5.94. The third kappa shape index (κ3) is 6.43. The van der Waals surface area contributed by atoms with Gasteiger partial charge in [-0.1, -0.05) is 43.0 Å². The van der Waals surface area contributed by atoms with E-state index in [1.54, 1.807) is 0 Å². The molecule has 0 fully saturated rings. The van der Waals surface area contributed by atoms with Crippen LogP contribution in [0.1, 0.15) is 64.7 Å². The van der Waals surface area contributed by atoms with Gasteiger partial charge >= 0.3 is 0 Å². The minimum atomic E-state index is -0.109. The average Bonchev–Trinajstić information content (AvgIpc) is 3.49. The molecule has 3 heterocycles. The van der Waals surface area contributed by atoms with Crippen LogP contribution >= 0.6 is 0 Å². The van der Waals surface area contributed by atoms with Gasteiger partial charge in [0.15, 0.2) is 0 Å². The van der Waals surface area contributed by atoms with E-state index in [2.05, 4.69) is 66.3 Å². The largest absolute Gasteiger partial charge is 0.493 e. The predicted molar refractivity (Wildman–Crippen MR) is 177 cm³/mol. The molecule has 3 aromatic carbocycles. The second-order valence-electron chi connectivity index (χ2n) is 12.0. The summed E-state index contributed by atoms with van der Waals surface area (Å²) in [5, 5.41) is 7.56. The van der Waals surface area contributed by atoms with Crippen molar-refractivity contribution < 1.29 is 9.53 Å². The zero-order chi connectivity index (χ0) is 30.5. The van der Waals surface area contributed by atoms with Crippen LogP contribution in [0.5, 0.6) is 5.75 Å². The Morgan fingerprint density at radius 3 is 2.82 bits per heavy atom. The van der Waals surface area contributed by atoms with Crippen molar-refractivity contribution in [3.8, 4) is 16.9 Å². The van der Waals surface area contributed by atoms with Gasteiger partial charge < -0.3 is 20.7 Å². The van der Waals surface area contributed by atoms with E-state index in [0.717, 1.165) is 68.4 Å². The Kier molecular flexibility index (Phi) is 9.12. The van der Waals surface area contributed by atoms with E-state index >= 15 is 0 Å². The van der Waals surface area contributed by atoms with Crippen LogP contribution in [0, 0.1) is 6.92 Å². The third-order valence-electron chi connectivity index (χ3n) is 8.93. The van der Waals surface area contributed by atoms with Gasteiger partial charge in [0.2, 0.25) is 0 Å². The number of allylic oxidation sites excluding steroid dienone is 1. The van der Waals surface area contributed by atoms with Crippen LogP contribution in [0.4, 0.5) is 5.69 Å². The third-order valence-corrected chi connectivity index (χ3v) is 8.93. The van der Waals surface area contributed by atoms with Crippen LogP contribution in [0.15, 0.2) is 85.3 Å². The Morgan fingerprint density at radius 1 is 1.07 bits per heavy atom. The Morgan fingerprint density at radius 2 is 1.93 bits per heavy atom. The van der Waals surface area contributed by atoms with Crippen LogP contribution < -0.4 is 20.7 Å². The van der Waals surface area contributed by atoms with Gasteiger partial charge in [-0.3, -0.25) is 9.48 Å². The molecular formula is C37H43N5O2. The van der Waals surface area contributed by atoms with Gasteiger partial charge in [0.1, 0.15) is 5.75 Å². The summed E-state index contributed by atoms with van der Waals surface area (Å²) in [6.45, 7) is 9.07. The number of amides is 1. The molecule has 0 saturated heterocycles. The molecule has 2 aliphatic heterocycles. The van der Waals surface area contributed by atoms with Crippen LogP contribution in [0.25, 0.3) is 11.1 Å². The van der Waals surface area contributed by atoms with E-state index in [0.29, 0.717) is 31.2 Å². The molecule has 6 rings (SSSR count). The number of hydrogen-bond donors (Lipinski definition) is 2. The number of carbonyl (C=O) groups is 1. The SMILES string of the molecule is C=C1CCCCCOc2cccc(C)c2CC2CCc3c(-c4cnn(Cc5cccc(C(=O)NCCN)c5)c4)cccc3N12. The predicted octanol–water partition coefficient (Wildman–Crippen LogP) is 6.43. The van der Waals surface area contributed by atoms with Gasteiger partial charge in [-0.25, -0.2) is 0 Å². The Labute approximate surface area is 260 Å². The average molecular weight is 590 g/mol. The molecule has 0 saturated carbocycles. The molecule has 44 heavy (non-hydrogen) atoms. The Balaban J connectivity index is 1.28. The number of rotatable bonds is 6. The summed E-state index contributed by atoms with van der Waals surface area (Å²) in [5.74, 6) is 0.923. The van der Waals surface area contributed by atoms with E-state index in [9.17, 15) is 4.79 Å². The van der Waals surface area contributed by atoms with Crippen molar-refractivity contribution in [3.63, 3.8) is 0 Å². The van der Waals surface area contributed by atoms with Crippen molar-refractivity contribution in [1.29, 1.82) is 0 Å². The van der Waals surface area contributed by atoms with Crippen molar-refractivity contribution in [2.75, 3.05) is 24.6 Å². The number of nitrogens with zero attached hydrogens (tertiary/aromatic N) is 3. The fourth-order valence-electron chi connectivity index (χ4n) is 6.69. The van der Waals surface area contributed by atoms with Crippen molar-refractivity contribution in [2.24, 2.45) is 5.73 Å². The molecule has 1 aromatic heterocycles. The van der Waals surface area contributed by atoms with E-state index in [-0.39, 0.29) is 5.91 Å². The number of ether oxygens (including phenoxy) is 1. The lowest BCUT2D eigenvalue weighted by Crippen LogP contribution is -2.40. The first-order valence-corrected chi connectivity index (χ1v) is 15.9. The molecule has 7 heteroatoms. The van der Waals surface area contributed by atoms with Gasteiger partial charge in [0, 0.05) is 47.8 Å². The van der Waals surface area contributed by atoms with Gasteiger partial charge in [0.05, 0.1) is 19.3 Å². The lowest BCUT2D eigenvalue weighted by atomic mass is 9.86. The second kappa shape index (κ2) is 13.5. The van der Waals surface area contributed by atoms with E-state index < -0.39 is 0 Å². The summed E-state index contributed by atoms with van der Waals surface area (Å²) in [6, 6.07) is 21.1. The van der Waals surface area contributed by atoms with E-state index in [1.165, 1.54) is 33.6 Å². The first-order valence-electron chi connectivity index (χ1n) is 15.9. The van der Waals surface area contributed by atoms with Crippen LogP contribution in [-0.2, 0) is 19.4 Å². The van der Waals surface area contributed by atoms with Crippen molar-refractivity contribution in [2.45, 2.75) is 64.5 Å². The molecule has 1 atom stereocenters. The van der Waals surface area contributed by atoms with Gasteiger partial charge in [0.25, 0.3) is 5.91 Å². The highest BCUT2D eigenvalue weighted by Gasteiger charge is 2.31. The Bertz CT molecular complexity index is 1640. The number of nitrogens with one attached hydrogen (secondary N) is 1. The van der Waals surface area contributed by atoms with Crippen molar-refractivity contribution in [3.05, 3.63) is 113 Å². The number of hydrogen-bond acceptors (Lipinski definition) is 5. The fourth-order valence-corrected chi connectivity index (χ4v) is 6.69. The molecular weight excluding hydrogens is 546 g/mol. The zero-order valence-electron chi connectivity index (χ0n) is 25.7. The van der Waals surface area contributed by atoms with Gasteiger partial charge in [-0.2, -0.15) is 5.10 Å². The maximum atomic E-state index is 12.4. The lowest BCUT2D eigenvalue weighted by molar-refractivity contribution is 0.0954. The summed E-state index contributed by atoms with van der Waals surface area (Å²) in [5.41, 5.74) is 16.0. The quantitative estimate of drug-likeness (QED) is 0.271. The monoisotopic (exact) mass is 589 g/mol. The first kappa shape index (κ1) is 29.7. The highest BCUT2D eigenvalue weighted by atomic mass is 16.5. The minimum Gasteiger partial charge on any atom is -0.493 e. The Hall–Kier alpha value is -4.36. The second-order valence-corrected chi connectivity index (χ2v) is 12.0. The number of aromatic nitrogens is 2. The highest BCUT2D eigenvalue weighted by Crippen LogP contribution is 2.41. The zero-order valence-corrected chi connectivity index (χ0v) is 25.7. The normalized spacial score (nSPS) is 16.9. The van der Waals surface area contributed by atoms with Gasteiger partial charge in [-0.05, 0) is 104 Å². The number of fused-ring (bicyclic) bond motifs is 4. The molecule has 4 aromatic rings. The molecule has 3 N–H and O–H groups in total. The van der Waals surface area contributed by atoms with Crippen LogP contribution in [0.3, 0.4) is 0 Å². The topological polar surface area (TPSA) is 85.4 Å². The molecule has 0 spiro atoms. The number of benzene rings is 3. The molecule has 0 radical (unpaired) electrons. The number of aryl methyl sites for hydroxylation is 1. The van der Waals surface area contributed by atoms with Crippen molar-refractivity contribution in [1.82, 2.24) is 15.1 Å². The molecule has 7 nitrogen and oxygen atoms in total. The molecule has 1 amide bonds. The van der Waals surface area contributed by atoms with Crippen molar-refractivity contribution >= 4 is 11.6 Å². The van der Waals surface area contributed by atoms with Crippen LogP contribution in [0.2, 0.25) is 0 Å². The lowest BCUT2D eigenvalue weighted by Gasteiger charge is -2.41. The molecule has 2 aliphatic rings. The summed E-state index contributed by atoms with van der Waals surface area (Å²) >= 11 is 0. The number of anilines is 1.